The molecule has 0 heterocycles. The van der Waals surface area contributed by atoms with Crippen LogP contribution in [0.1, 0.15) is 39.3 Å². The molecule has 0 aliphatic rings. The Morgan fingerprint density at radius 3 is 1.72 bits per heavy atom. The maximum Gasteiger partial charge on any atom is 0.267 e. The summed E-state index contributed by atoms with van der Waals surface area (Å²) in [6.07, 6.45) is 0. The average Bonchev–Trinajstić information content (AvgIpc) is 2.72. The van der Waals surface area contributed by atoms with E-state index in [1.54, 1.807) is 0 Å². The van der Waals surface area contributed by atoms with Gasteiger partial charge in [-0.25, -0.2) is 9.87 Å². The standard InChI is InChI=1S/C25H30FNOSi/c1-19(25(2,3)4)24(20-15-17-21(26)18-16-20)27-28-29(22-11-7-5-8-12-22)23-13-9-6-10-14-23/h5-19,24,27,29H,1-4H3/t19-,24+/m0/s1. The second-order valence-corrected chi connectivity index (χ2v) is 11.0. The van der Waals surface area contributed by atoms with Gasteiger partial charge in [0.05, 0.1) is 6.04 Å². The molecule has 0 aliphatic heterocycles. The SMILES string of the molecule is C[C@@H]([C@@H](NO[SiH](c1ccccc1)c1ccccc1)c1ccc(F)cc1)C(C)(C)C. The van der Waals surface area contributed by atoms with Gasteiger partial charge in [-0.15, -0.1) is 0 Å². The lowest BCUT2D eigenvalue weighted by molar-refractivity contribution is 0.0870. The summed E-state index contributed by atoms with van der Waals surface area (Å²) in [5.41, 5.74) is 4.49. The van der Waals surface area contributed by atoms with E-state index in [1.165, 1.54) is 22.5 Å². The fraction of sp³-hybridized carbons (Fsp3) is 0.280. The maximum atomic E-state index is 13.5. The first-order valence-corrected chi connectivity index (χ1v) is 11.8. The van der Waals surface area contributed by atoms with Crippen molar-refractivity contribution in [3.8, 4) is 0 Å². The summed E-state index contributed by atoms with van der Waals surface area (Å²) < 4.78 is 20.0. The van der Waals surface area contributed by atoms with Crippen LogP contribution in [0.15, 0.2) is 84.9 Å². The van der Waals surface area contributed by atoms with E-state index in [1.807, 2.05) is 24.3 Å². The number of halogens is 1. The maximum absolute atomic E-state index is 13.5. The van der Waals surface area contributed by atoms with Crippen LogP contribution < -0.4 is 15.9 Å². The Balaban J connectivity index is 1.90. The number of hydroxylamine groups is 1. The van der Waals surface area contributed by atoms with Gasteiger partial charge in [0.25, 0.3) is 9.04 Å². The molecule has 29 heavy (non-hydrogen) atoms. The van der Waals surface area contributed by atoms with Crippen molar-refractivity contribution in [2.24, 2.45) is 11.3 Å². The highest BCUT2D eigenvalue weighted by atomic mass is 28.3. The monoisotopic (exact) mass is 407 g/mol. The quantitative estimate of drug-likeness (QED) is 0.456. The molecule has 0 unspecified atom stereocenters. The van der Waals surface area contributed by atoms with Gasteiger partial charge < -0.3 is 4.53 Å². The van der Waals surface area contributed by atoms with Crippen LogP contribution in [0, 0.1) is 17.2 Å². The zero-order valence-electron chi connectivity index (χ0n) is 17.6. The first kappa shape index (κ1) is 21.4. The van der Waals surface area contributed by atoms with Crippen LogP contribution >= 0.6 is 0 Å². The summed E-state index contributed by atoms with van der Waals surface area (Å²) in [4.78, 5) is 0. The van der Waals surface area contributed by atoms with Crippen LogP contribution in [-0.4, -0.2) is 9.04 Å². The molecule has 2 atom stereocenters. The Hall–Kier alpha value is -2.27. The normalized spacial score (nSPS) is 14.0. The molecule has 3 aromatic carbocycles. The van der Waals surface area contributed by atoms with Crippen molar-refractivity contribution in [3.05, 3.63) is 96.3 Å². The van der Waals surface area contributed by atoms with E-state index in [0.717, 1.165) is 5.56 Å². The Labute approximate surface area is 175 Å². The van der Waals surface area contributed by atoms with E-state index in [0.29, 0.717) is 0 Å². The highest BCUT2D eigenvalue weighted by Gasteiger charge is 2.31. The van der Waals surface area contributed by atoms with E-state index >= 15 is 0 Å². The molecule has 4 heteroatoms. The predicted octanol–water partition coefficient (Wildman–Crippen LogP) is 4.61. The molecule has 0 radical (unpaired) electrons. The minimum Gasteiger partial charge on any atom is -0.338 e. The fourth-order valence-electron chi connectivity index (χ4n) is 3.35. The topological polar surface area (TPSA) is 21.3 Å². The van der Waals surface area contributed by atoms with Crippen LogP contribution in [0.3, 0.4) is 0 Å². The van der Waals surface area contributed by atoms with Crippen molar-refractivity contribution in [3.63, 3.8) is 0 Å². The Kier molecular flexibility index (Phi) is 7.01. The second kappa shape index (κ2) is 9.48. The van der Waals surface area contributed by atoms with Crippen LogP contribution in [-0.2, 0) is 4.53 Å². The summed E-state index contributed by atoms with van der Waals surface area (Å²) in [5.74, 6) is 0.0480. The van der Waals surface area contributed by atoms with Gasteiger partial charge in [-0.05, 0) is 39.4 Å². The van der Waals surface area contributed by atoms with Crippen molar-refractivity contribution in [2.75, 3.05) is 0 Å². The minimum absolute atomic E-state index is 0.0435. The van der Waals surface area contributed by atoms with Gasteiger partial charge in [0.2, 0.25) is 0 Å². The molecule has 0 saturated carbocycles. The summed E-state index contributed by atoms with van der Waals surface area (Å²) in [6.45, 7) is 8.88. The molecule has 2 nitrogen and oxygen atoms in total. The molecule has 152 valence electrons. The molecule has 0 aromatic heterocycles. The third kappa shape index (κ3) is 5.63. The highest BCUT2D eigenvalue weighted by molar-refractivity contribution is 6.79. The number of nitrogens with one attached hydrogen (secondary N) is 1. The molecule has 0 saturated heterocycles. The van der Waals surface area contributed by atoms with Crippen molar-refractivity contribution >= 4 is 19.4 Å². The molecule has 0 spiro atoms. The fourth-order valence-corrected chi connectivity index (χ4v) is 5.44. The summed E-state index contributed by atoms with van der Waals surface area (Å²) >= 11 is 0. The third-order valence-corrected chi connectivity index (χ3v) is 7.97. The van der Waals surface area contributed by atoms with E-state index < -0.39 is 9.04 Å². The molecular weight excluding hydrogens is 377 g/mol. The third-order valence-electron chi connectivity index (χ3n) is 5.61. The Morgan fingerprint density at radius 2 is 1.28 bits per heavy atom. The van der Waals surface area contributed by atoms with Crippen LogP contribution in [0.4, 0.5) is 4.39 Å². The predicted molar refractivity (Wildman–Crippen MR) is 121 cm³/mol. The molecule has 3 rings (SSSR count). The average molecular weight is 408 g/mol. The van der Waals surface area contributed by atoms with Gasteiger partial charge in [0, 0.05) is 0 Å². The van der Waals surface area contributed by atoms with Crippen molar-refractivity contribution in [2.45, 2.75) is 33.7 Å². The second-order valence-electron chi connectivity index (χ2n) is 8.62. The summed E-state index contributed by atoms with van der Waals surface area (Å²) in [5, 5.41) is 2.43. The molecule has 0 amide bonds. The van der Waals surface area contributed by atoms with Gasteiger partial charge in [-0.2, -0.15) is 0 Å². The largest absolute Gasteiger partial charge is 0.338 e. The van der Waals surface area contributed by atoms with E-state index in [-0.39, 0.29) is 23.2 Å². The molecular formula is C25H30FNOSi. The first-order chi connectivity index (χ1) is 13.9. The van der Waals surface area contributed by atoms with Gasteiger partial charge in [-0.3, -0.25) is 0 Å². The highest BCUT2D eigenvalue weighted by Crippen LogP contribution is 2.36. The lowest BCUT2D eigenvalue weighted by Gasteiger charge is -2.36. The zero-order chi connectivity index (χ0) is 20.9. The van der Waals surface area contributed by atoms with E-state index in [2.05, 4.69) is 81.7 Å². The molecule has 3 aromatic rings. The Bertz CT molecular complexity index is 839. The molecule has 1 N–H and O–H groups in total. The van der Waals surface area contributed by atoms with Crippen molar-refractivity contribution < 1.29 is 8.92 Å². The number of benzene rings is 3. The van der Waals surface area contributed by atoms with Gasteiger partial charge in [-0.1, -0.05) is 100 Å². The van der Waals surface area contributed by atoms with Crippen molar-refractivity contribution in [1.29, 1.82) is 0 Å². The number of hydrogen-bond donors (Lipinski definition) is 1. The summed E-state index contributed by atoms with van der Waals surface area (Å²) in [7, 11) is -1.92. The smallest absolute Gasteiger partial charge is 0.267 e. The molecule has 0 aliphatic carbocycles. The molecule has 0 bridgehead atoms. The van der Waals surface area contributed by atoms with E-state index in [4.69, 9.17) is 4.53 Å². The van der Waals surface area contributed by atoms with Crippen LogP contribution in [0.5, 0.6) is 0 Å². The van der Waals surface area contributed by atoms with Gasteiger partial charge in [0.1, 0.15) is 5.82 Å². The number of rotatable bonds is 7. The summed E-state index contributed by atoms with van der Waals surface area (Å²) in [6, 6.07) is 27.5. The van der Waals surface area contributed by atoms with Crippen molar-refractivity contribution in [1.82, 2.24) is 5.48 Å². The van der Waals surface area contributed by atoms with Crippen LogP contribution in [0.2, 0.25) is 0 Å². The zero-order valence-corrected chi connectivity index (χ0v) is 18.8. The Morgan fingerprint density at radius 1 is 0.793 bits per heavy atom. The lowest BCUT2D eigenvalue weighted by atomic mass is 9.76. The van der Waals surface area contributed by atoms with Gasteiger partial charge >= 0.3 is 0 Å². The number of hydrogen-bond acceptors (Lipinski definition) is 2. The first-order valence-electron chi connectivity index (χ1n) is 10.1. The lowest BCUT2D eigenvalue weighted by Crippen LogP contribution is -2.49. The van der Waals surface area contributed by atoms with Gasteiger partial charge in [0.15, 0.2) is 0 Å². The minimum atomic E-state index is -1.92. The van der Waals surface area contributed by atoms with E-state index in [9.17, 15) is 4.39 Å². The van der Waals surface area contributed by atoms with Crippen LogP contribution in [0.25, 0.3) is 0 Å². The molecule has 0 fully saturated rings.